The summed E-state index contributed by atoms with van der Waals surface area (Å²) in [6.07, 6.45) is 2.62. The van der Waals surface area contributed by atoms with E-state index in [1.807, 2.05) is 20.0 Å². The molecule has 0 unspecified atom stereocenters. The van der Waals surface area contributed by atoms with Gasteiger partial charge in [-0.15, -0.1) is 0 Å². The van der Waals surface area contributed by atoms with Crippen LogP contribution in [0.2, 0.25) is 0 Å². The predicted molar refractivity (Wildman–Crippen MR) is 78.1 cm³/mol. The molecule has 1 heterocycles. The highest BCUT2D eigenvalue weighted by Crippen LogP contribution is 2.15. The smallest absolute Gasteiger partial charge is 0.132 e. The fourth-order valence-corrected chi connectivity index (χ4v) is 2.41. The van der Waals surface area contributed by atoms with E-state index >= 15 is 0 Å². The van der Waals surface area contributed by atoms with Gasteiger partial charge in [-0.25, -0.2) is 9.97 Å². The fourth-order valence-electron chi connectivity index (χ4n) is 2.41. The number of hydrogen-bond donors (Lipinski definition) is 1. The number of nitrogens with two attached hydrogens (primary N) is 1. The molecular weight excluding hydrogens is 234 g/mol. The summed E-state index contributed by atoms with van der Waals surface area (Å²) in [5.74, 6) is 0.854. The molecule has 1 aromatic carbocycles. The van der Waals surface area contributed by atoms with Gasteiger partial charge in [0, 0.05) is 29.9 Å². The SMILES string of the molecule is Cc1cc(C)cc(Cc2ncc([C@H](C)N)c(C)n2)c1. The zero-order valence-electron chi connectivity index (χ0n) is 12.1. The van der Waals surface area contributed by atoms with E-state index in [1.54, 1.807) is 0 Å². The van der Waals surface area contributed by atoms with Crippen LogP contribution in [-0.4, -0.2) is 9.97 Å². The monoisotopic (exact) mass is 255 g/mol. The van der Waals surface area contributed by atoms with Crippen molar-refractivity contribution in [2.45, 2.75) is 40.2 Å². The van der Waals surface area contributed by atoms with E-state index in [0.29, 0.717) is 0 Å². The Labute approximate surface area is 114 Å². The largest absolute Gasteiger partial charge is 0.324 e. The summed E-state index contributed by atoms with van der Waals surface area (Å²) < 4.78 is 0. The van der Waals surface area contributed by atoms with E-state index in [0.717, 1.165) is 23.5 Å². The van der Waals surface area contributed by atoms with Crippen LogP contribution in [0.5, 0.6) is 0 Å². The van der Waals surface area contributed by atoms with Crippen molar-refractivity contribution in [3.05, 3.63) is 58.2 Å². The van der Waals surface area contributed by atoms with Crippen LogP contribution in [0.1, 0.15) is 46.7 Å². The van der Waals surface area contributed by atoms with E-state index in [-0.39, 0.29) is 6.04 Å². The summed E-state index contributed by atoms with van der Waals surface area (Å²) in [7, 11) is 0. The second-order valence-corrected chi connectivity index (χ2v) is 5.29. The van der Waals surface area contributed by atoms with Crippen LogP contribution in [0.4, 0.5) is 0 Å². The molecule has 0 aliphatic rings. The van der Waals surface area contributed by atoms with Gasteiger partial charge in [0.15, 0.2) is 0 Å². The normalized spacial score (nSPS) is 12.5. The third-order valence-electron chi connectivity index (χ3n) is 3.20. The molecule has 0 amide bonds. The van der Waals surface area contributed by atoms with Gasteiger partial charge in [-0.2, -0.15) is 0 Å². The first-order chi connectivity index (χ1) is 8.95. The van der Waals surface area contributed by atoms with Gasteiger partial charge in [-0.3, -0.25) is 0 Å². The molecule has 0 fully saturated rings. The molecule has 0 spiro atoms. The minimum Gasteiger partial charge on any atom is -0.324 e. The van der Waals surface area contributed by atoms with Gasteiger partial charge in [0.25, 0.3) is 0 Å². The molecule has 2 N–H and O–H groups in total. The standard InChI is InChI=1S/C16H21N3/c1-10-5-11(2)7-14(6-10)8-16-18-9-15(12(3)17)13(4)19-16/h5-7,9,12H,8,17H2,1-4H3/t12-/m0/s1. The second-order valence-electron chi connectivity index (χ2n) is 5.29. The topological polar surface area (TPSA) is 51.8 Å². The first-order valence-corrected chi connectivity index (χ1v) is 6.61. The number of benzene rings is 1. The van der Waals surface area contributed by atoms with Crippen molar-refractivity contribution in [1.82, 2.24) is 9.97 Å². The molecule has 2 rings (SSSR count). The maximum Gasteiger partial charge on any atom is 0.132 e. The summed E-state index contributed by atoms with van der Waals surface area (Å²) in [5.41, 5.74) is 11.7. The Kier molecular flexibility index (Phi) is 3.96. The van der Waals surface area contributed by atoms with Crippen LogP contribution in [0.25, 0.3) is 0 Å². The van der Waals surface area contributed by atoms with E-state index in [1.165, 1.54) is 16.7 Å². The Morgan fingerprint density at radius 1 is 1.11 bits per heavy atom. The van der Waals surface area contributed by atoms with Crippen molar-refractivity contribution < 1.29 is 0 Å². The molecule has 2 aromatic rings. The molecule has 1 atom stereocenters. The molecule has 3 nitrogen and oxygen atoms in total. The van der Waals surface area contributed by atoms with Gasteiger partial charge in [0.05, 0.1) is 0 Å². The lowest BCUT2D eigenvalue weighted by molar-refractivity contribution is 0.776. The fraction of sp³-hybridized carbons (Fsp3) is 0.375. The van der Waals surface area contributed by atoms with Crippen molar-refractivity contribution in [2.75, 3.05) is 0 Å². The maximum absolute atomic E-state index is 5.88. The summed E-state index contributed by atoms with van der Waals surface area (Å²) >= 11 is 0. The van der Waals surface area contributed by atoms with Crippen LogP contribution in [0.15, 0.2) is 24.4 Å². The Bertz CT molecular complexity index is 568. The molecule has 19 heavy (non-hydrogen) atoms. The predicted octanol–water partition coefficient (Wildman–Crippen LogP) is 3.01. The molecule has 0 aliphatic heterocycles. The average molecular weight is 255 g/mol. The zero-order valence-corrected chi connectivity index (χ0v) is 12.1. The number of nitrogens with zero attached hydrogens (tertiary/aromatic N) is 2. The lowest BCUT2D eigenvalue weighted by Crippen LogP contribution is -2.10. The van der Waals surface area contributed by atoms with E-state index in [2.05, 4.69) is 42.0 Å². The maximum atomic E-state index is 5.88. The van der Waals surface area contributed by atoms with E-state index < -0.39 is 0 Å². The van der Waals surface area contributed by atoms with Gasteiger partial charge in [0.1, 0.15) is 5.82 Å². The number of hydrogen-bond acceptors (Lipinski definition) is 3. The zero-order chi connectivity index (χ0) is 14.0. The Balaban J connectivity index is 2.26. The molecule has 100 valence electrons. The van der Waals surface area contributed by atoms with E-state index in [4.69, 9.17) is 5.73 Å². The van der Waals surface area contributed by atoms with Gasteiger partial charge >= 0.3 is 0 Å². The highest BCUT2D eigenvalue weighted by molar-refractivity contribution is 5.31. The van der Waals surface area contributed by atoms with Crippen molar-refractivity contribution >= 4 is 0 Å². The Hall–Kier alpha value is -1.74. The van der Waals surface area contributed by atoms with Gasteiger partial charge in [0.2, 0.25) is 0 Å². The molecule has 0 bridgehead atoms. The third kappa shape index (κ3) is 3.38. The molecule has 1 aromatic heterocycles. The molecule has 3 heteroatoms. The molecule has 0 saturated heterocycles. The molecule has 0 saturated carbocycles. The first kappa shape index (κ1) is 13.7. The molecule has 0 aliphatic carbocycles. The summed E-state index contributed by atoms with van der Waals surface area (Å²) in [6, 6.07) is 6.53. The minimum absolute atomic E-state index is 0.0183. The van der Waals surface area contributed by atoms with Crippen molar-refractivity contribution in [2.24, 2.45) is 5.73 Å². The van der Waals surface area contributed by atoms with Gasteiger partial charge < -0.3 is 5.73 Å². The van der Waals surface area contributed by atoms with Crippen molar-refractivity contribution in [3.63, 3.8) is 0 Å². The van der Waals surface area contributed by atoms with Crippen molar-refractivity contribution in [3.8, 4) is 0 Å². The Morgan fingerprint density at radius 2 is 1.74 bits per heavy atom. The van der Waals surface area contributed by atoms with Crippen LogP contribution < -0.4 is 5.73 Å². The highest BCUT2D eigenvalue weighted by atomic mass is 14.9. The minimum atomic E-state index is -0.0183. The lowest BCUT2D eigenvalue weighted by Gasteiger charge is -2.10. The highest BCUT2D eigenvalue weighted by Gasteiger charge is 2.08. The first-order valence-electron chi connectivity index (χ1n) is 6.61. The molecular formula is C16H21N3. The Morgan fingerprint density at radius 3 is 2.26 bits per heavy atom. The number of rotatable bonds is 3. The number of aromatic nitrogens is 2. The van der Waals surface area contributed by atoms with Crippen LogP contribution in [-0.2, 0) is 6.42 Å². The van der Waals surface area contributed by atoms with Crippen molar-refractivity contribution in [1.29, 1.82) is 0 Å². The van der Waals surface area contributed by atoms with Crippen LogP contribution in [0.3, 0.4) is 0 Å². The van der Waals surface area contributed by atoms with Crippen LogP contribution >= 0.6 is 0 Å². The van der Waals surface area contributed by atoms with Gasteiger partial charge in [-0.1, -0.05) is 29.3 Å². The summed E-state index contributed by atoms with van der Waals surface area (Å²) in [5, 5.41) is 0. The number of aryl methyl sites for hydroxylation is 3. The summed E-state index contributed by atoms with van der Waals surface area (Å²) in [6.45, 7) is 8.17. The second kappa shape index (κ2) is 5.49. The van der Waals surface area contributed by atoms with E-state index in [9.17, 15) is 0 Å². The van der Waals surface area contributed by atoms with Crippen LogP contribution in [0, 0.1) is 20.8 Å². The summed E-state index contributed by atoms with van der Waals surface area (Å²) in [4.78, 5) is 8.98. The lowest BCUT2D eigenvalue weighted by atomic mass is 10.0. The molecule has 0 radical (unpaired) electrons. The van der Waals surface area contributed by atoms with Gasteiger partial charge in [-0.05, 0) is 33.3 Å². The quantitative estimate of drug-likeness (QED) is 0.917. The average Bonchev–Trinajstić information content (AvgIpc) is 2.26. The third-order valence-corrected chi connectivity index (χ3v) is 3.20.